The molecule has 1 heterocycles. The highest BCUT2D eigenvalue weighted by Gasteiger charge is 2.48. The number of ether oxygens (including phenoxy) is 4. The Labute approximate surface area is 270 Å². The molecular weight excluding hydrogens is 588 g/mol. The zero-order chi connectivity index (χ0) is 31.9. The van der Waals surface area contributed by atoms with Crippen LogP contribution in [0.4, 0.5) is 0 Å². The summed E-state index contributed by atoms with van der Waals surface area (Å²) >= 11 is 6.58. The monoisotopic (exact) mass is 626 g/mol. The zero-order valence-electron chi connectivity index (χ0n) is 26.5. The maximum absolute atomic E-state index is 13.8. The number of Topliss-reactive ketones (excluding diaryl/α,β-unsaturated/α-hetero) is 2. The SMILES string of the molecule is COc1cc(COc2ccc(Cl)cc2C2C3=C(CC(C)(C)CC3=O)OC3=C2C(=O)CC(C)(C)C3)ccc1OCc1ccccc1. The number of benzene rings is 3. The molecule has 0 atom stereocenters. The van der Waals surface area contributed by atoms with Gasteiger partial charge in [-0.1, -0.05) is 75.7 Å². The number of carbonyl (C=O) groups excluding carboxylic acids is 2. The van der Waals surface area contributed by atoms with E-state index in [1.165, 1.54) is 0 Å². The van der Waals surface area contributed by atoms with Crippen molar-refractivity contribution in [3.63, 3.8) is 0 Å². The average molecular weight is 627 g/mol. The van der Waals surface area contributed by atoms with E-state index >= 15 is 0 Å². The summed E-state index contributed by atoms with van der Waals surface area (Å²) in [5.41, 5.74) is 3.25. The number of carbonyl (C=O) groups is 2. The highest BCUT2D eigenvalue weighted by atomic mass is 35.5. The number of allylic oxidation sites excluding steroid dienone is 4. The van der Waals surface area contributed by atoms with Gasteiger partial charge >= 0.3 is 0 Å². The Morgan fingerprint density at radius 2 is 1.29 bits per heavy atom. The van der Waals surface area contributed by atoms with E-state index in [-0.39, 0.29) is 29.0 Å². The predicted octanol–water partition coefficient (Wildman–Crippen LogP) is 8.91. The van der Waals surface area contributed by atoms with Gasteiger partial charge in [-0.3, -0.25) is 9.59 Å². The topological polar surface area (TPSA) is 71.1 Å². The molecule has 0 fully saturated rings. The molecule has 45 heavy (non-hydrogen) atoms. The molecule has 2 aliphatic carbocycles. The van der Waals surface area contributed by atoms with E-state index in [2.05, 4.69) is 27.7 Å². The van der Waals surface area contributed by atoms with E-state index in [1.54, 1.807) is 13.2 Å². The van der Waals surface area contributed by atoms with Gasteiger partial charge in [0.05, 0.1) is 13.0 Å². The van der Waals surface area contributed by atoms with Crippen LogP contribution in [0.1, 0.15) is 76.0 Å². The van der Waals surface area contributed by atoms with Gasteiger partial charge in [0.15, 0.2) is 23.1 Å². The first-order valence-electron chi connectivity index (χ1n) is 15.4. The molecule has 0 N–H and O–H groups in total. The molecular formula is C38H39ClO6. The minimum Gasteiger partial charge on any atom is -0.493 e. The largest absolute Gasteiger partial charge is 0.493 e. The van der Waals surface area contributed by atoms with Crippen LogP contribution in [-0.2, 0) is 27.5 Å². The summed E-state index contributed by atoms with van der Waals surface area (Å²) < 4.78 is 24.6. The molecule has 0 unspecified atom stereocenters. The van der Waals surface area contributed by atoms with Crippen molar-refractivity contribution in [3.05, 3.63) is 111 Å². The van der Waals surface area contributed by atoms with Gasteiger partial charge in [-0.2, -0.15) is 0 Å². The molecule has 3 aliphatic rings. The fourth-order valence-corrected chi connectivity index (χ4v) is 6.86. The highest BCUT2D eigenvalue weighted by Crippen LogP contribution is 2.54. The second kappa shape index (κ2) is 12.1. The molecule has 0 saturated heterocycles. The number of hydrogen-bond donors (Lipinski definition) is 0. The Bertz CT molecular complexity index is 1660. The molecule has 0 radical (unpaired) electrons. The molecule has 3 aromatic rings. The number of halogens is 1. The Hall–Kier alpha value is -4.03. The smallest absolute Gasteiger partial charge is 0.163 e. The van der Waals surface area contributed by atoms with Crippen molar-refractivity contribution in [2.75, 3.05) is 7.11 Å². The minimum atomic E-state index is -0.604. The zero-order valence-corrected chi connectivity index (χ0v) is 27.3. The van der Waals surface area contributed by atoms with Gasteiger partial charge in [-0.25, -0.2) is 0 Å². The van der Waals surface area contributed by atoms with E-state index in [4.69, 9.17) is 30.5 Å². The molecule has 234 valence electrons. The van der Waals surface area contributed by atoms with E-state index in [0.717, 1.165) is 11.1 Å². The van der Waals surface area contributed by atoms with Crippen LogP contribution < -0.4 is 14.2 Å². The molecule has 0 bridgehead atoms. The lowest BCUT2D eigenvalue weighted by Crippen LogP contribution is -2.37. The van der Waals surface area contributed by atoms with Crippen LogP contribution in [-0.4, -0.2) is 18.7 Å². The summed E-state index contributed by atoms with van der Waals surface area (Å²) in [4.78, 5) is 27.6. The number of rotatable bonds is 8. The summed E-state index contributed by atoms with van der Waals surface area (Å²) in [7, 11) is 1.61. The normalized spacial score (nSPS) is 19.1. The van der Waals surface area contributed by atoms with Crippen LogP contribution in [0.3, 0.4) is 0 Å². The van der Waals surface area contributed by atoms with E-state index in [0.29, 0.717) is 82.8 Å². The summed E-state index contributed by atoms with van der Waals surface area (Å²) in [5, 5.41) is 0.502. The quantitative estimate of drug-likeness (QED) is 0.249. The second-order valence-corrected chi connectivity index (χ2v) is 14.3. The van der Waals surface area contributed by atoms with Crippen molar-refractivity contribution in [1.29, 1.82) is 0 Å². The first kappa shape index (κ1) is 31.0. The summed E-state index contributed by atoms with van der Waals surface area (Å²) in [6.45, 7) is 8.96. The molecule has 0 amide bonds. The lowest BCUT2D eigenvalue weighted by atomic mass is 9.65. The van der Waals surface area contributed by atoms with Crippen molar-refractivity contribution in [2.45, 2.75) is 72.5 Å². The first-order valence-corrected chi connectivity index (χ1v) is 15.8. The Morgan fingerprint density at radius 3 is 1.91 bits per heavy atom. The van der Waals surface area contributed by atoms with Crippen LogP contribution in [0.2, 0.25) is 5.02 Å². The fourth-order valence-electron chi connectivity index (χ4n) is 6.68. The van der Waals surface area contributed by atoms with Crippen LogP contribution in [0, 0.1) is 10.8 Å². The highest BCUT2D eigenvalue weighted by molar-refractivity contribution is 6.30. The van der Waals surface area contributed by atoms with Gasteiger partial charge in [0.2, 0.25) is 0 Å². The third-order valence-electron chi connectivity index (χ3n) is 8.72. The maximum Gasteiger partial charge on any atom is 0.163 e. The molecule has 0 saturated carbocycles. The number of methoxy groups -OCH3 is 1. The van der Waals surface area contributed by atoms with Crippen LogP contribution in [0.5, 0.6) is 17.2 Å². The summed E-state index contributed by atoms with van der Waals surface area (Å²) in [6, 6.07) is 21.1. The van der Waals surface area contributed by atoms with Crippen molar-refractivity contribution in [2.24, 2.45) is 10.8 Å². The third-order valence-corrected chi connectivity index (χ3v) is 8.96. The van der Waals surface area contributed by atoms with Gasteiger partial charge in [0.25, 0.3) is 0 Å². The van der Waals surface area contributed by atoms with Crippen molar-refractivity contribution < 1.29 is 28.5 Å². The van der Waals surface area contributed by atoms with Gasteiger partial charge in [-0.15, -0.1) is 0 Å². The van der Waals surface area contributed by atoms with Crippen LogP contribution in [0.15, 0.2) is 89.4 Å². The third kappa shape index (κ3) is 6.53. The average Bonchev–Trinajstić information content (AvgIpc) is 2.97. The Kier molecular flexibility index (Phi) is 8.30. The molecule has 6 rings (SSSR count). The Morgan fingerprint density at radius 1 is 0.711 bits per heavy atom. The second-order valence-electron chi connectivity index (χ2n) is 13.8. The van der Waals surface area contributed by atoms with Crippen molar-refractivity contribution in [3.8, 4) is 17.2 Å². The minimum absolute atomic E-state index is 0.00260. The molecule has 7 heteroatoms. The lowest BCUT2D eigenvalue weighted by Gasteiger charge is -2.43. The summed E-state index contributed by atoms with van der Waals surface area (Å²) in [5.74, 6) is 2.50. The van der Waals surface area contributed by atoms with Gasteiger partial charge in [0, 0.05) is 47.4 Å². The van der Waals surface area contributed by atoms with Gasteiger partial charge in [0.1, 0.15) is 30.5 Å². The first-order chi connectivity index (χ1) is 21.4. The molecule has 0 spiro atoms. The maximum atomic E-state index is 13.8. The molecule has 6 nitrogen and oxygen atoms in total. The van der Waals surface area contributed by atoms with Crippen molar-refractivity contribution >= 4 is 23.2 Å². The number of ketones is 2. The predicted molar refractivity (Wildman–Crippen MR) is 173 cm³/mol. The molecule has 3 aromatic carbocycles. The van der Waals surface area contributed by atoms with Crippen LogP contribution >= 0.6 is 11.6 Å². The van der Waals surface area contributed by atoms with E-state index in [1.807, 2.05) is 60.7 Å². The molecule has 1 aliphatic heterocycles. The standard InChI is InChI=1S/C38H39ClO6/c1-37(2)17-27(40)35-32(19-37)45-33-20-38(3,4)18-28(41)36(33)34(35)26-16-25(39)12-14-29(26)43-22-24-11-13-30(31(15-24)42-5)44-21-23-9-7-6-8-10-23/h6-16,34H,17-22H2,1-5H3. The van der Waals surface area contributed by atoms with Gasteiger partial charge in [-0.05, 0) is 52.3 Å². The number of hydrogen-bond acceptors (Lipinski definition) is 6. The van der Waals surface area contributed by atoms with E-state index < -0.39 is 5.92 Å². The van der Waals surface area contributed by atoms with Gasteiger partial charge < -0.3 is 18.9 Å². The summed E-state index contributed by atoms with van der Waals surface area (Å²) in [6.07, 6.45) is 1.99. The lowest BCUT2D eigenvalue weighted by molar-refractivity contribution is -0.120. The molecule has 0 aromatic heterocycles. The van der Waals surface area contributed by atoms with Crippen molar-refractivity contribution in [1.82, 2.24) is 0 Å². The fraction of sp³-hybridized carbons (Fsp3) is 0.368. The van der Waals surface area contributed by atoms with Crippen LogP contribution in [0.25, 0.3) is 0 Å². The Balaban J connectivity index is 1.33. The van der Waals surface area contributed by atoms with E-state index in [9.17, 15) is 9.59 Å².